The van der Waals surface area contributed by atoms with Gasteiger partial charge in [-0.2, -0.15) is 0 Å². The maximum Gasteiger partial charge on any atom is 0.264 e. The maximum atomic E-state index is 11.6. The molecule has 1 N–H and O–H groups in total. The summed E-state index contributed by atoms with van der Waals surface area (Å²) in [6, 6.07) is 0. The molecule has 0 aliphatic carbocycles. The lowest BCUT2D eigenvalue weighted by molar-refractivity contribution is 0.0921. The molecule has 0 spiro atoms. The first-order valence-electron chi connectivity index (χ1n) is 4.95. The lowest BCUT2D eigenvalue weighted by Crippen LogP contribution is -2.20. The van der Waals surface area contributed by atoms with Gasteiger partial charge < -0.3 is 9.72 Å². The van der Waals surface area contributed by atoms with Crippen LogP contribution in [0.4, 0.5) is 0 Å². The first-order valence-corrected chi connectivity index (χ1v) is 6.03. The Morgan fingerprint density at radius 3 is 2.67 bits per heavy atom. The molecule has 0 aliphatic heterocycles. The molecule has 0 amide bonds. The van der Waals surface area contributed by atoms with Crippen molar-refractivity contribution in [3.63, 3.8) is 0 Å². The van der Waals surface area contributed by atoms with E-state index in [1.165, 1.54) is 0 Å². The zero-order valence-corrected chi connectivity index (χ0v) is 11.3. The molecule has 0 aliphatic rings. The molecule has 1 atom stereocenters. The summed E-state index contributed by atoms with van der Waals surface area (Å²) in [5.74, 6) is 0.627. The van der Waals surface area contributed by atoms with Gasteiger partial charge in [0.1, 0.15) is 11.9 Å². The molecule has 1 aromatic heterocycles. The number of aromatic amines is 1. The SMILES string of the molecule is CCc1nc(C(CC)OC)[nH]c(=O)c1I. The molecule has 5 heteroatoms. The van der Waals surface area contributed by atoms with Gasteiger partial charge in [0.2, 0.25) is 0 Å². The summed E-state index contributed by atoms with van der Waals surface area (Å²) in [7, 11) is 1.62. The molecule has 1 unspecified atom stereocenters. The number of halogens is 1. The van der Waals surface area contributed by atoms with Crippen LogP contribution in [0, 0.1) is 3.57 Å². The van der Waals surface area contributed by atoms with E-state index in [1.807, 2.05) is 36.4 Å². The summed E-state index contributed by atoms with van der Waals surface area (Å²) in [4.78, 5) is 18.8. The van der Waals surface area contributed by atoms with Gasteiger partial charge in [0.25, 0.3) is 5.56 Å². The lowest BCUT2D eigenvalue weighted by atomic mass is 10.2. The Hall–Kier alpha value is -0.430. The molecule has 1 aromatic rings. The van der Waals surface area contributed by atoms with E-state index in [0.717, 1.165) is 18.5 Å². The number of nitrogens with one attached hydrogen (secondary N) is 1. The summed E-state index contributed by atoms with van der Waals surface area (Å²) < 4.78 is 5.92. The Labute approximate surface area is 103 Å². The zero-order chi connectivity index (χ0) is 11.4. The van der Waals surface area contributed by atoms with Crippen LogP contribution in [0.5, 0.6) is 0 Å². The van der Waals surface area contributed by atoms with Crippen LogP contribution >= 0.6 is 22.6 Å². The Kier molecular flexibility index (Phi) is 4.72. The highest BCUT2D eigenvalue weighted by molar-refractivity contribution is 14.1. The van der Waals surface area contributed by atoms with E-state index in [2.05, 4.69) is 9.97 Å². The summed E-state index contributed by atoms with van der Waals surface area (Å²) in [6.45, 7) is 3.99. The Bertz CT molecular complexity index is 385. The molecular formula is C10H15IN2O2. The topological polar surface area (TPSA) is 55.0 Å². The zero-order valence-electron chi connectivity index (χ0n) is 9.13. The van der Waals surface area contributed by atoms with Crippen molar-refractivity contribution in [3.8, 4) is 0 Å². The Balaban J connectivity index is 3.21. The molecular weight excluding hydrogens is 307 g/mol. The van der Waals surface area contributed by atoms with Gasteiger partial charge in [-0.1, -0.05) is 13.8 Å². The fraction of sp³-hybridized carbons (Fsp3) is 0.600. The monoisotopic (exact) mass is 322 g/mol. The van der Waals surface area contributed by atoms with Crippen molar-refractivity contribution in [2.45, 2.75) is 32.8 Å². The van der Waals surface area contributed by atoms with Crippen LogP contribution < -0.4 is 5.56 Å². The minimum absolute atomic E-state index is 0.0760. The number of H-pyrrole nitrogens is 1. The number of ether oxygens (including phenoxy) is 1. The summed E-state index contributed by atoms with van der Waals surface area (Å²) in [5.41, 5.74) is 0.762. The van der Waals surface area contributed by atoms with Crippen molar-refractivity contribution >= 4 is 22.6 Å². The van der Waals surface area contributed by atoms with Gasteiger partial charge in [0, 0.05) is 7.11 Å². The highest BCUT2D eigenvalue weighted by Crippen LogP contribution is 2.16. The molecule has 0 aromatic carbocycles. The van der Waals surface area contributed by atoms with E-state index in [9.17, 15) is 4.79 Å². The second-order valence-electron chi connectivity index (χ2n) is 3.20. The van der Waals surface area contributed by atoms with E-state index in [0.29, 0.717) is 9.39 Å². The van der Waals surface area contributed by atoms with Gasteiger partial charge in [-0.3, -0.25) is 4.79 Å². The van der Waals surface area contributed by atoms with Crippen LogP contribution in [0.25, 0.3) is 0 Å². The van der Waals surface area contributed by atoms with Crippen LogP contribution in [0.3, 0.4) is 0 Å². The van der Waals surface area contributed by atoms with E-state index in [-0.39, 0.29) is 11.7 Å². The molecule has 4 nitrogen and oxygen atoms in total. The minimum atomic E-state index is -0.125. The molecule has 0 saturated heterocycles. The number of hydrogen-bond donors (Lipinski definition) is 1. The van der Waals surface area contributed by atoms with Gasteiger partial charge in [-0.05, 0) is 35.4 Å². The molecule has 84 valence electrons. The van der Waals surface area contributed by atoms with E-state index in [4.69, 9.17) is 4.74 Å². The molecule has 15 heavy (non-hydrogen) atoms. The predicted octanol–water partition coefficient (Wildman–Crippen LogP) is 2.03. The van der Waals surface area contributed by atoms with Gasteiger partial charge in [-0.15, -0.1) is 0 Å². The highest BCUT2D eigenvalue weighted by Gasteiger charge is 2.14. The third-order valence-corrected chi connectivity index (χ3v) is 3.36. The molecule has 0 fully saturated rings. The van der Waals surface area contributed by atoms with Crippen molar-refractivity contribution in [2.24, 2.45) is 0 Å². The highest BCUT2D eigenvalue weighted by atomic mass is 127. The standard InChI is InChI=1S/C10H15IN2O2/c1-4-6-8(11)10(14)13-9(12-6)7(5-2)15-3/h7H,4-5H2,1-3H3,(H,12,13,14). The van der Waals surface area contributed by atoms with Gasteiger partial charge in [0.05, 0.1) is 9.26 Å². The third kappa shape index (κ3) is 2.78. The second kappa shape index (κ2) is 5.60. The maximum absolute atomic E-state index is 11.6. The first-order chi connectivity index (χ1) is 7.13. The largest absolute Gasteiger partial charge is 0.374 e. The van der Waals surface area contributed by atoms with Crippen molar-refractivity contribution in [1.82, 2.24) is 9.97 Å². The number of aryl methyl sites for hydroxylation is 1. The average Bonchev–Trinajstić information content (AvgIpc) is 2.24. The Morgan fingerprint density at radius 1 is 1.53 bits per heavy atom. The predicted molar refractivity (Wildman–Crippen MR) is 67.0 cm³/mol. The average molecular weight is 322 g/mol. The van der Waals surface area contributed by atoms with Crippen molar-refractivity contribution in [2.75, 3.05) is 7.11 Å². The number of nitrogens with zero attached hydrogens (tertiary/aromatic N) is 1. The lowest BCUT2D eigenvalue weighted by Gasteiger charge is -2.13. The van der Waals surface area contributed by atoms with Gasteiger partial charge in [-0.25, -0.2) is 4.98 Å². The molecule has 0 saturated carbocycles. The van der Waals surface area contributed by atoms with E-state index < -0.39 is 0 Å². The smallest absolute Gasteiger partial charge is 0.264 e. The first kappa shape index (κ1) is 12.6. The van der Waals surface area contributed by atoms with E-state index in [1.54, 1.807) is 7.11 Å². The minimum Gasteiger partial charge on any atom is -0.374 e. The molecule has 0 bridgehead atoms. The summed E-state index contributed by atoms with van der Waals surface area (Å²) >= 11 is 2.02. The van der Waals surface area contributed by atoms with Crippen LogP contribution in [-0.4, -0.2) is 17.1 Å². The van der Waals surface area contributed by atoms with E-state index >= 15 is 0 Å². The Morgan fingerprint density at radius 2 is 2.20 bits per heavy atom. The van der Waals surface area contributed by atoms with Crippen LogP contribution in [0.1, 0.15) is 37.9 Å². The molecule has 1 rings (SSSR count). The molecule has 0 radical (unpaired) electrons. The van der Waals surface area contributed by atoms with Gasteiger partial charge >= 0.3 is 0 Å². The van der Waals surface area contributed by atoms with Crippen LogP contribution in [-0.2, 0) is 11.2 Å². The number of methoxy groups -OCH3 is 1. The van der Waals surface area contributed by atoms with Gasteiger partial charge in [0.15, 0.2) is 0 Å². The number of aromatic nitrogens is 2. The fourth-order valence-electron chi connectivity index (χ4n) is 1.38. The number of hydrogen-bond acceptors (Lipinski definition) is 3. The normalized spacial score (nSPS) is 12.8. The quantitative estimate of drug-likeness (QED) is 0.863. The van der Waals surface area contributed by atoms with Crippen LogP contribution in [0.2, 0.25) is 0 Å². The van der Waals surface area contributed by atoms with Crippen LogP contribution in [0.15, 0.2) is 4.79 Å². The number of rotatable bonds is 4. The van der Waals surface area contributed by atoms with Crippen molar-refractivity contribution in [3.05, 3.63) is 25.4 Å². The molecule has 1 heterocycles. The summed E-state index contributed by atoms with van der Waals surface area (Å²) in [5, 5.41) is 0. The van der Waals surface area contributed by atoms with Crippen molar-refractivity contribution < 1.29 is 4.74 Å². The second-order valence-corrected chi connectivity index (χ2v) is 4.28. The fourth-order valence-corrected chi connectivity index (χ4v) is 2.02. The summed E-state index contributed by atoms with van der Waals surface area (Å²) in [6.07, 6.45) is 1.43. The third-order valence-electron chi connectivity index (χ3n) is 2.24. The van der Waals surface area contributed by atoms with Crippen molar-refractivity contribution in [1.29, 1.82) is 0 Å².